The Morgan fingerprint density at radius 3 is 2.87 bits per heavy atom. The topological polar surface area (TPSA) is 49.3 Å². The number of fused-ring (bicyclic) bond motifs is 2. The van der Waals surface area contributed by atoms with E-state index >= 15 is 0 Å². The van der Waals surface area contributed by atoms with Gasteiger partial charge in [0.1, 0.15) is 0 Å². The zero-order chi connectivity index (χ0) is 10.5. The molecule has 0 amide bonds. The summed E-state index contributed by atoms with van der Waals surface area (Å²) in [5.41, 5.74) is 3.21. The highest BCUT2D eigenvalue weighted by Gasteiger charge is 2.46. The first-order chi connectivity index (χ1) is 7.21. The second-order valence-electron chi connectivity index (χ2n) is 4.56. The minimum Gasteiger partial charge on any atom is -0.478 e. The summed E-state index contributed by atoms with van der Waals surface area (Å²) in [5, 5.41) is 12.4. The van der Waals surface area contributed by atoms with Crippen molar-refractivity contribution in [1.82, 2.24) is 5.32 Å². The van der Waals surface area contributed by atoms with Crippen LogP contribution in [0.1, 0.15) is 34.3 Å². The van der Waals surface area contributed by atoms with Gasteiger partial charge in [0.2, 0.25) is 0 Å². The van der Waals surface area contributed by atoms with Crippen molar-refractivity contribution in [2.24, 2.45) is 0 Å². The van der Waals surface area contributed by atoms with Gasteiger partial charge in [0, 0.05) is 18.5 Å². The fourth-order valence-corrected chi connectivity index (χ4v) is 2.49. The van der Waals surface area contributed by atoms with Gasteiger partial charge in [-0.2, -0.15) is 0 Å². The van der Waals surface area contributed by atoms with Crippen molar-refractivity contribution in [3.63, 3.8) is 0 Å². The highest BCUT2D eigenvalue weighted by molar-refractivity contribution is 5.88. The van der Waals surface area contributed by atoms with Crippen LogP contribution in [0, 0.1) is 0 Å². The van der Waals surface area contributed by atoms with E-state index in [0.717, 1.165) is 13.1 Å². The first-order valence-electron chi connectivity index (χ1n) is 5.29. The number of hydrogen-bond donors (Lipinski definition) is 2. The summed E-state index contributed by atoms with van der Waals surface area (Å²) in [6.07, 6.45) is 2.38. The van der Waals surface area contributed by atoms with E-state index in [1.807, 2.05) is 12.1 Å². The van der Waals surface area contributed by atoms with Crippen LogP contribution in [-0.2, 0) is 12.0 Å². The first kappa shape index (κ1) is 8.92. The van der Waals surface area contributed by atoms with Gasteiger partial charge >= 0.3 is 5.97 Å². The van der Waals surface area contributed by atoms with Crippen LogP contribution in [0.25, 0.3) is 0 Å². The third-order valence-electron chi connectivity index (χ3n) is 3.56. The quantitative estimate of drug-likeness (QED) is 0.727. The minimum atomic E-state index is -0.827. The molecule has 1 aliphatic carbocycles. The van der Waals surface area contributed by atoms with Gasteiger partial charge in [-0.3, -0.25) is 0 Å². The maximum absolute atomic E-state index is 10.9. The predicted octanol–water partition coefficient (Wildman–Crippen LogP) is 1.52. The average Bonchev–Trinajstić information content (AvgIpc) is 2.99. The Labute approximate surface area is 88.1 Å². The summed E-state index contributed by atoms with van der Waals surface area (Å²) in [6, 6.07) is 5.51. The Balaban J connectivity index is 2.12. The van der Waals surface area contributed by atoms with E-state index in [-0.39, 0.29) is 5.41 Å². The van der Waals surface area contributed by atoms with Gasteiger partial charge < -0.3 is 10.4 Å². The van der Waals surface area contributed by atoms with Gasteiger partial charge in [-0.05, 0) is 36.1 Å². The van der Waals surface area contributed by atoms with Gasteiger partial charge in [-0.25, -0.2) is 4.79 Å². The fraction of sp³-hybridized carbons (Fsp3) is 0.417. The maximum Gasteiger partial charge on any atom is 0.335 e. The van der Waals surface area contributed by atoms with E-state index in [9.17, 15) is 4.79 Å². The number of carbonyl (C=O) groups is 1. The Bertz CT molecular complexity index is 435. The fourth-order valence-electron chi connectivity index (χ4n) is 2.49. The molecule has 0 bridgehead atoms. The largest absolute Gasteiger partial charge is 0.478 e. The number of rotatable bonds is 1. The van der Waals surface area contributed by atoms with Crippen LogP contribution in [0.15, 0.2) is 18.2 Å². The zero-order valence-electron chi connectivity index (χ0n) is 8.42. The molecule has 3 heteroatoms. The first-order valence-corrected chi connectivity index (χ1v) is 5.29. The number of benzene rings is 1. The van der Waals surface area contributed by atoms with Gasteiger partial charge in [0.15, 0.2) is 0 Å². The van der Waals surface area contributed by atoms with Crippen molar-refractivity contribution in [1.29, 1.82) is 0 Å². The molecule has 1 aromatic carbocycles. The maximum atomic E-state index is 10.9. The summed E-state index contributed by atoms with van der Waals surface area (Å²) in [5.74, 6) is -0.827. The van der Waals surface area contributed by atoms with Crippen LogP contribution in [0.5, 0.6) is 0 Å². The summed E-state index contributed by atoms with van der Waals surface area (Å²) >= 11 is 0. The molecule has 3 nitrogen and oxygen atoms in total. The van der Waals surface area contributed by atoms with Crippen LogP contribution in [-0.4, -0.2) is 17.6 Å². The van der Waals surface area contributed by atoms with E-state index < -0.39 is 5.97 Å². The molecule has 0 aromatic heterocycles. The lowest BCUT2D eigenvalue weighted by Gasteiger charge is -2.26. The second-order valence-corrected chi connectivity index (χ2v) is 4.56. The predicted molar refractivity (Wildman–Crippen MR) is 56.0 cm³/mol. The molecular weight excluding hydrogens is 190 g/mol. The van der Waals surface area contributed by atoms with E-state index in [1.54, 1.807) is 6.07 Å². The molecule has 2 aliphatic rings. The highest BCUT2D eigenvalue weighted by Crippen LogP contribution is 2.50. The van der Waals surface area contributed by atoms with Gasteiger partial charge in [0.05, 0.1) is 5.56 Å². The molecule has 1 aromatic rings. The lowest BCUT2D eigenvalue weighted by molar-refractivity contribution is 0.0696. The molecule has 2 N–H and O–H groups in total. The number of aromatic carboxylic acids is 1. The summed E-state index contributed by atoms with van der Waals surface area (Å²) < 4.78 is 0. The Morgan fingerprint density at radius 1 is 1.40 bits per heavy atom. The monoisotopic (exact) mass is 203 g/mol. The molecule has 15 heavy (non-hydrogen) atoms. The van der Waals surface area contributed by atoms with Crippen molar-refractivity contribution in [2.45, 2.75) is 24.8 Å². The SMILES string of the molecule is O=C(O)c1ccc2c(c1)C1(CC1)CNC2. The average molecular weight is 203 g/mol. The van der Waals surface area contributed by atoms with E-state index in [2.05, 4.69) is 5.32 Å². The standard InChI is InChI=1S/C12H13NO2/c14-11(15)8-1-2-9-6-13-7-12(3-4-12)10(9)5-8/h1-2,5,13H,3-4,6-7H2,(H,14,15). The molecule has 1 fully saturated rings. The van der Waals surface area contributed by atoms with Gasteiger partial charge in [0.25, 0.3) is 0 Å². The van der Waals surface area contributed by atoms with Crippen LogP contribution >= 0.6 is 0 Å². The van der Waals surface area contributed by atoms with Crippen LogP contribution < -0.4 is 5.32 Å². The molecule has 1 saturated carbocycles. The molecule has 1 spiro atoms. The lowest BCUT2D eigenvalue weighted by Crippen LogP contribution is -2.33. The normalized spacial score (nSPS) is 21.1. The molecule has 0 saturated heterocycles. The minimum absolute atomic E-state index is 0.263. The van der Waals surface area contributed by atoms with E-state index in [1.165, 1.54) is 24.0 Å². The third kappa shape index (κ3) is 1.27. The molecule has 0 unspecified atom stereocenters. The number of carboxylic acids is 1. The molecule has 3 rings (SSSR count). The molecule has 1 aliphatic heterocycles. The van der Waals surface area contributed by atoms with Crippen LogP contribution in [0.2, 0.25) is 0 Å². The summed E-state index contributed by atoms with van der Waals surface area (Å²) in [4.78, 5) is 10.9. The molecule has 78 valence electrons. The lowest BCUT2D eigenvalue weighted by atomic mass is 9.87. The number of carboxylic acid groups (broad SMARTS) is 1. The van der Waals surface area contributed by atoms with E-state index in [4.69, 9.17) is 5.11 Å². The third-order valence-corrected chi connectivity index (χ3v) is 3.56. The van der Waals surface area contributed by atoms with Crippen LogP contribution in [0.3, 0.4) is 0 Å². The van der Waals surface area contributed by atoms with Crippen molar-refractivity contribution >= 4 is 5.97 Å². The van der Waals surface area contributed by atoms with Crippen molar-refractivity contribution in [2.75, 3.05) is 6.54 Å². The molecule has 0 atom stereocenters. The van der Waals surface area contributed by atoms with Crippen molar-refractivity contribution in [3.05, 3.63) is 34.9 Å². The van der Waals surface area contributed by atoms with Crippen molar-refractivity contribution in [3.8, 4) is 0 Å². The van der Waals surface area contributed by atoms with Crippen LogP contribution in [0.4, 0.5) is 0 Å². The summed E-state index contributed by atoms with van der Waals surface area (Å²) in [6.45, 7) is 1.88. The summed E-state index contributed by atoms with van der Waals surface area (Å²) in [7, 11) is 0. The zero-order valence-corrected chi connectivity index (χ0v) is 8.42. The van der Waals surface area contributed by atoms with E-state index in [0.29, 0.717) is 5.56 Å². The smallest absolute Gasteiger partial charge is 0.335 e. The number of nitrogens with one attached hydrogen (secondary N) is 1. The Morgan fingerprint density at radius 2 is 2.20 bits per heavy atom. The highest BCUT2D eigenvalue weighted by atomic mass is 16.4. The Kier molecular flexibility index (Phi) is 1.68. The Hall–Kier alpha value is -1.35. The van der Waals surface area contributed by atoms with Gasteiger partial charge in [-0.15, -0.1) is 0 Å². The van der Waals surface area contributed by atoms with Gasteiger partial charge in [-0.1, -0.05) is 6.07 Å². The number of hydrogen-bond acceptors (Lipinski definition) is 2. The van der Waals surface area contributed by atoms with Crippen molar-refractivity contribution < 1.29 is 9.90 Å². The second kappa shape index (κ2) is 2.83. The molecular formula is C12H13NO2. The molecule has 1 heterocycles. The molecule has 0 radical (unpaired) electrons.